The molecule has 0 aromatic heterocycles. The van der Waals surface area contributed by atoms with Gasteiger partial charge in [0.05, 0.1) is 17.8 Å². The van der Waals surface area contributed by atoms with Gasteiger partial charge in [0.2, 0.25) is 11.8 Å². The Balaban J connectivity index is 1.53. The van der Waals surface area contributed by atoms with Crippen molar-refractivity contribution in [3.63, 3.8) is 0 Å². The van der Waals surface area contributed by atoms with Crippen LogP contribution >= 0.6 is 31.9 Å². The summed E-state index contributed by atoms with van der Waals surface area (Å²) in [4.78, 5) is 38.9. The van der Waals surface area contributed by atoms with Gasteiger partial charge in [-0.15, -0.1) is 0 Å². The van der Waals surface area contributed by atoms with Gasteiger partial charge in [0.25, 0.3) is 0 Å². The topological polar surface area (TPSA) is 74.7 Å². The molecular weight excluding hydrogens is 430 g/mol. The number of alkyl halides is 2. The van der Waals surface area contributed by atoms with Gasteiger partial charge in [-0.2, -0.15) is 0 Å². The average molecular weight is 449 g/mol. The standard InChI is InChI=1S/C16H19Br2NO4/c17-12-8-5-9(13(12)18)11-10(8)14(20)19(15(11)21)7-3-1-6(2-4-7)16(22)23/h6-13H,1-5H2,(H,22,23). The number of carboxylic acid groups (broad SMARTS) is 1. The summed E-state index contributed by atoms with van der Waals surface area (Å²) in [7, 11) is 0. The Morgan fingerprint density at radius 3 is 1.87 bits per heavy atom. The third-order valence-electron chi connectivity index (χ3n) is 6.43. The van der Waals surface area contributed by atoms with Crippen molar-refractivity contribution in [1.82, 2.24) is 4.90 Å². The monoisotopic (exact) mass is 447 g/mol. The highest BCUT2D eigenvalue weighted by Crippen LogP contribution is 2.60. The summed E-state index contributed by atoms with van der Waals surface area (Å²) in [5.74, 6) is -0.941. The zero-order valence-electron chi connectivity index (χ0n) is 12.5. The number of carbonyl (C=O) groups is 3. The summed E-state index contributed by atoms with van der Waals surface area (Å²) in [6, 6.07) is -0.0989. The van der Waals surface area contributed by atoms with E-state index in [1.54, 1.807) is 0 Å². The molecule has 126 valence electrons. The maximum absolute atomic E-state index is 12.9. The van der Waals surface area contributed by atoms with Crippen molar-refractivity contribution < 1.29 is 19.5 Å². The Morgan fingerprint density at radius 1 is 0.957 bits per heavy atom. The van der Waals surface area contributed by atoms with Gasteiger partial charge < -0.3 is 5.11 Å². The van der Waals surface area contributed by atoms with Crippen LogP contribution in [0, 0.1) is 29.6 Å². The van der Waals surface area contributed by atoms with Crippen molar-refractivity contribution in [2.24, 2.45) is 29.6 Å². The molecule has 5 nitrogen and oxygen atoms in total. The minimum absolute atomic E-state index is 0.00451. The molecule has 7 heteroatoms. The van der Waals surface area contributed by atoms with Crippen LogP contribution in [0.1, 0.15) is 32.1 Å². The van der Waals surface area contributed by atoms with Crippen molar-refractivity contribution in [1.29, 1.82) is 0 Å². The Morgan fingerprint density at radius 2 is 1.43 bits per heavy atom. The first-order chi connectivity index (χ1) is 10.9. The van der Waals surface area contributed by atoms with Gasteiger partial charge in [0.15, 0.2) is 0 Å². The Hall–Kier alpha value is -0.430. The van der Waals surface area contributed by atoms with Crippen molar-refractivity contribution in [3.05, 3.63) is 0 Å². The molecule has 0 spiro atoms. The van der Waals surface area contributed by atoms with E-state index < -0.39 is 5.97 Å². The molecule has 0 aromatic rings. The van der Waals surface area contributed by atoms with E-state index in [4.69, 9.17) is 5.11 Å². The number of rotatable bonds is 2. The van der Waals surface area contributed by atoms with Gasteiger partial charge >= 0.3 is 5.97 Å². The van der Waals surface area contributed by atoms with Crippen LogP contribution in [-0.4, -0.2) is 43.5 Å². The zero-order chi connectivity index (χ0) is 16.5. The summed E-state index contributed by atoms with van der Waals surface area (Å²) in [5.41, 5.74) is 0. The second-order valence-corrected chi connectivity index (χ2v) is 9.51. The Bertz CT molecular complexity index is 542. The molecule has 2 amide bonds. The van der Waals surface area contributed by atoms with Crippen LogP contribution in [0.5, 0.6) is 0 Å². The summed E-state index contributed by atoms with van der Waals surface area (Å²) in [6.45, 7) is 0. The van der Waals surface area contributed by atoms with Gasteiger partial charge in [0.1, 0.15) is 0 Å². The van der Waals surface area contributed by atoms with Crippen molar-refractivity contribution >= 4 is 49.6 Å². The molecule has 4 fully saturated rings. The van der Waals surface area contributed by atoms with Gasteiger partial charge in [-0.1, -0.05) is 31.9 Å². The van der Waals surface area contributed by atoms with Crippen LogP contribution in [0.25, 0.3) is 0 Å². The number of fused-ring (bicyclic) bond motifs is 5. The molecule has 4 rings (SSSR count). The van der Waals surface area contributed by atoms with E-state index in [-0.39, 0.29) is 57.1 Å². The molecule has 3 aliphatic carbocycles. The van der Waals surface area contributed by atoms with Crippen molar-refractivity contribution in [3.8, 4) is 0 Å². The van der Waals surface area contributed by atoms with Crippen LogP contribution in [0.15, 0.2) is 0 Å². The average Bonchev–Trinajstić information content (AvgIpc) is 3.12. The number of nitrogens with zero attached hydrogens (tertiary/aromatic N) is 1. The van der Waals surface area contributed by atoms with E-state index in [0.717, 1.165) is 6.42 Å². The minimum Gasteiger partial charge on any atom is -0.481 e. The third kappa shape index (κ3) is 2.18. The summed E-state index contributed by atoms with van der Waals surface area (Å²) < 4.78 is 0. The Labute approximate surface area is 151 Å². The van der Waals surface area contributed by atoms with Crippen LogP contribution in [0.4, 0.5) is 0 Å². The normalized spacial score (nSPS) is 48.9. The molecule has 0 aromatic carbocycles. The fourth-order valence-corrected chi connectivity index (χ4v) is 7.19. The van der Waals surface area contributed by atoms with E-state index in [1.165, 1.54) is 4.90 Å². The van der Waals surface area contributed by atoms with Gasteiger partial charge in [-0.05, 0) is 43.9 Å². The van der Waals surface area contributed by atoms with E-state index in [1.807, 2.05) is 0 Å². The van der Waals surface area contributed by atoms with Crippen molar-refractivity contribution in [2.45, 2.75) is 47.8 Å². The lowest BCUT2D eigenvalue weighted by Gasteiger charge is -2.32. The molecule has 6 unspecified atom stereocenters. The van der Waals surface area contributed by atoms with Crippen LogP contribution in [0.2, 0.25) is 0 Å². The van der Waals surface area contributed by atoms with Crippen molar-refractivity contribution in [2.75, 3.05) is 0 Å². The van der Waals surface area contributed by atoms with E-state index in [9.17, 15) is 14.4 Å². The number of imide groups is 1. The summed E-state index contributed by atoms with van der Waals surface area (Å²) >= 11 is 7.38. The number of likely N-dealkylation sites (tertiary alicyclic amines) is 1. The maximum atomic E-state index is 12.9. The summed E-state index contributed by atoms with van der Waals surface area (Å²) in [5, 5.41) is 9.10. The molecular formula is C16H19Br2NO4. The summed E-state index contributed by atoms with van der Waals surface area (Å²) in [6.07, 6.45) is 3.30. The van der Waals surface area contributed by atoms with Gasteiger partial charge in [-0.3, -0.25) is 19.3 Å². The number of hydrogen-bond donors (Lipinski definition) is 1. The number of amides is 2. The molecule has 1 N–H and O–H groups in total. The number of carbonyl (C=O) groups excluding carboxylic acids is 2. The quantitative estimate of drug-likeness (QED) is 0.520. The molecule has 3 saturated carbocycles. The lowest BCUT2D eigenvalue weighted by molar-refractivity contribution is -0.146. The zero-order valence-corrected chi connectivity index (χ0v) is 15.7. The first-order valence-corrected chi connectivity index (χ1v) is 10.1. The molecule has 1 aliphatic heterocycles. The molecule has 2 bridgehead atoms. The predicted molar refractivity (Wildman–Crippen MR) is 89.2 cm³/mol. The second kappa shape index (κ2) is 5.55. The van der Waals surface area contributed by atoms with Gasteiger partial charge in [-0.25, -0.2) is 0 Å². The molecule has 1 saturated heterocycles. The number of hydrogen-bond acceptors (Lipinski definition) is 3. The highest BCUT2D eigenvalue weighted by atomic mass is 79.9. The molecule has 6 atom stereocenters. The smallest absolute Gasteiger partial charge is 0.306 e. The van der Waals surface area contributed by atoms with Gasteiger partial charge in [0, 0.05) is 15.7 Å². The highest BCUT2D eigenvalue weighted by molar-refractivity contribution is 9.12. The first-order valence-electron chi connectivity index (χ1n) is 8.29. The first kappa shape index (κ1) is 16.1. The van der Waals surface area contributed by atoms with Crippen LogP contribution < -0.4 is 0 Å². The predicted octanol–water partition coefficient (Wildman–Crippen LogP) is 2.41. The van der Waals surface area contributed by atoms with E-state index in [2.05, 4.69) is 31.9 Å². The molecule has 23 heavy (non-hydrogen) atoms. The molecule has 4 aliphatic rings. The molecule has 1 heterocycles. The third-order valence-corrected chi connectivity index (χ3v) is 9.64. The maximum Gasteiger partial charge on any atom is 0.306 e. The lowest BCUT2D eigenvalue weighted by Crippen LogP contribution is -2.44. The Kier molecular flexibility index (Phi) is 3.87. The fraction of sp³-hybridized carbons (Fsp3) is 0.812. The number of carboxylic acids is 1. The molecule has 0 radical (unpaired) electrons. The van der Waals surface area contributed by atoms with Crippen LogP contribution in [0.3, 0.4) is 0 Å². The fourth-order valence-electron chi connectivity index (χ4n) is 5.31. The number of halogens is 2. The van der Waals surface area contributed by atoms with E-state index in [0.29, 0.717) is 25.7 Å². The SMILES string of the molecule is O=C(O)C1CCC(N2C(=O)C3C4CC(C(Br)C4Br)C3C2=O)CC1. The number of aliphatic carboxylic acids is 1. The van der Waals surface area contributed by atoms with E-state index >= 15 is 0 Å². The lowest BCUT2D eigenvalue weighted by atomic mass is 9.81. The highest BCUT2D eigenvalue weighted by Gasteiger charge is 2.67. The second-order valence-electron chi connectivity index (χ2n) is 7.39. The largest absolute Gasteiger partial charge is 0.481 e. The minimum atomic E-state index is -0.762. The van der Waals surface area contributed by atoms with Crippen LogP contribution in [-0.2, 0) is 14.4 Å².